The Morgan fingerprint density at radius 2 is 1.75 bits per heavy atom. The van der Waals surface area contributed by atoms with Crippen molar-refractivity contribution >= 4 is 5.96 Å². The van der Waals surface area contributed by atoms with Gasteiger partial charge in [0, 0.05) is 0 Å². The van der Waals surface area contributed by atoms with Gasteiger partial charge in [0.05, 0.1) is 6.04 Å². The van der Waals surface area contributed by atoms with Crippen molar-refractivity contribution in [3.05, 3.63) is 0 Å². The van der Waals surface area contributed by atoms with Gasteiger partial charge in [-0.25, -0.2) is 0 Å². The van der Waals surface area contributed by atoms with Gasteiger partial charge in [-0.15, -0.1) is 0 Å². The molecule has 5 N–H and O–H groups in total. The molecule has 0 saturated heterocycles. The summed E-state index contributed by atoms with van der Waals surface area (Å²) in [6.45, 7) is 3.94. The Kier molecular flexibility index (Phi) is 6.20. The van der Waals surface area contributed by atoms with E-state index in [1.54, 1.807) is 0 Å². The minimum absolute atomic E-state index is 0. The molecule has 0 aromatic carbocycles. The van der Waals surface area contributed by atoms with Gasteiger partial charge in [-0.2, -0.15) is 0 Å². The molecule has 0 aliphatic carbocycles. The fraction of sp³-hybridized carbons (Fsp3) is 0.750. The predicted octanol–water partition coefficient (Wildman–Crippen LogP) is -5.25. The second kappa shape index (κ2) is 4.71. The smallest absolute Gasteiger partial charge is 0.338 e. The zero-order valence-electron chi connectivity index (χ0n) is 5.11. The van der Waals surface area contributed by atoms with Gasteiger partial charge in [-0.1, -0.05) is 0 Å². The summed E-state index contributed by atoms with van der Waals surface area (Å²) in [5.74, 6) is 0.287. The second-order valence-electron chi connectivity index (χ2n) is 1.75. The summed E-state index contributed by atoms with van der Waals surface area (Å²) in [7, 11) is 0. The lowest BCUT2D eigenvalue weighted by Gasteiger charge is -1.90. The first-order valence-corrected chi connectivity index (χ1v) is 2.27. The van der Waals surface area contributed by atoms with E-state index in [4.69, 9.17) is 11.5 Å². The highest BCUT2D eigenvalue weighted by Crippen LogP contribution is 1.55. The van der Waals surface area contributed by atoms with Crippen molar-refractivity contribution in [1.29, 1.82) is 0 Å². The van der Waals surface area contributed by atoms with E-state index in [0.29, 0.717) is 6.04 Å². The van der Waals surface area contributed by atoms with E-state index < -0.39 is 0 Å². The minimum Gasteiger partial charge on any atom is -1.00 e. The number of nitrogens with one attached hydrogen (secondary N) is 1. The van der Waals surface area contributed by atoms with Crippen molar-refractivity contribution in [1.82, 2.24) is 0 Å². The van der Waals surface area contributed by atoms with Crippen LogP contribution in [0.15, 0.2) is 0 Å². The average Bonchev–Trinajstić information content (AvgIpc) is 1.27. The van der Waals surface area contributed by atoms with E-state index in [2.05, 4.69) is 4.99 Å². The first-order chi connectivity index (χ1) is 3.13. The summed E-state index contributed by atoms with van der Waals surface area (Å²) in [6, 6.07) is 0.338. The Labute approximate surface area is 55.6 Å². The van der Waals surface area contributed by atoms with Gasteiger partial charge in [0.1, 0.15) is 0 Å². The number of rotatable bonds is 1. The molecule has 0 unspecified atom stereocenters. The molecular formula is C4H12ClN3. The van der Waals surface area contributed by atoms with E-state index >= 15 is 0 Å². The van der Waals surface area contributed by atoms with Crippen LogP contribution >= 0.6 is 0 Å². The number of halogens is 1. The van der Waals surface area contributed by atoms with Crippen molar-refractivity contribution in [2.45, 2.75) is 19.9 Å². The maximum atomic E-state index is 5.08. The van der Waals surface area contributed by atoms with Gasteiger partial charge in [-0.05, 0) is 13.8 Å². The Morgan fingerprint density at radius 3 is 1.75 bits per heavy atom. The third-order valence-corrected chi connectivity index (χ3v) is 0.455. The number of nitrogens with two attached hydrogens (primary N) is 2. The Hall–Kier alpha value is -0.440. The monoisotopic (exact) mass is 137 g/mol. The molecule has 0 aromatic heterocycles. The highest BCUT2D eigenvalue weighted by atomic mass is 35.5. The van der Waals surface area contributed by atoms with Gasteiger partial charge in [0.15, 0.2) is 0 Å². The maximum Gasteiger partial charge on any atom is 0.338 e. The van der Waals surface area contributed by atoms with Crippen LogP contribution in [0.4, 0.5) is 0 Å². The van der Waals surface area contributed by atoms with Crippen LogP contribution in [0.25, 0.3) is 0 Å². The van der Waals surface area contributed by atoms with Crippen LogP contribution in [0.5, 0.6) is 0 Å². The zero-order chi connectivity index (χ0) is 5.86. The fourth-order valence-electron chi connectivity index (χ4n) is 0.333. The van der Waals surface area contributed by atoms with E-state index in [1.165, 1.54) is 0 Å². The van der Waals surface area contributed by atoms with Crippen LogP contribution in [0.3, 0.4) is 0 Å². The number of hydrogen-bond acceptors (Lipinski definition) is 0. The molecule has 8 heavy (non-hydrogen) atoms. The third kappa shape index (κ3) is 9.12. The molecule has 0 heterocycles. The molecule has 0 bridgehead atoms. The van der Waals surface area contributed by atoms with Crippen molar-refractivity contribution in [2.75, 3.05) is 0 Å². The van der Waals surface area contributed by atoms with E-state index in [-0.39, 0.29) is 18.4 Å². The van der Waals surface area contributed by atoms with Crippen LogP contribution in [0.1, 0.15) is 13.8 Å². The quantitative estimate of drug-likeness (QED) is 0.250. The topological polar surface area (TPSA) is 66.0 Å². The molecule has 0 aliphatic rings. The van der Waals surface area contributed by atoms with Gasteiger partial charge in [-0.3, -0.25) is 16.5 Å². The largest absolute Gasteiger partial charge is 1.00 e. The number of guanidine groups is 1. The summed E-state index contributed by atoms with van der Waals surface area (Å²) >= 11 is 0. The molecule has 0 amide bonds. The molecule has 3 nitrogen and oxygen atoms in total. The molecule has 0 radical (unpaired) electrons. The van der Waals surface area contributed by atoms with Crippen molar-refractivity contribution < 1.29 is 17.4 Å². The van der Waals surface area contributed by atoms with Crippen LogP contribution in [-0.4, -0.2) is 12.0 Å². The molecule has 0 fully saturated rings. The predicted molar refractivity (Wildman–Crippen MR) is 29.5 cm³/mol. The lowest BCUT2D eigenvalue weighted by atomic mass is 10.4. The summed E-state index contributed by atoms with van der Waals surface area (Å²) in [5, 5.41) is 0. The SMILES string of the molecule is CC(C)[NH+]=C(N)N.[Cl-]. The van der Waals surface area contributed by atoms with Gasteiger partial charge < -0.3 is 12.4 Å². The van der Waals surface area contributed by atoms with Gasteiger partial charge in [0.25, 0.3) is 0 Å². The van der Waals surface area contributed by atoms with E-state index in [9.17, 15) is 0 Å². The summed E-state index contributed by atoms with van der Waals surface area (Å²) in [4.78, 5) is 2.78. The normalized spacial score (nSPS) is 7.88. The Balaban J connectivity index is 0. The summed E-state index contributed by atoms with van der Waals surface area (Å²) < 4.78 is 0. The fourth-order valence-corrected chi connectivity index (χ4v) is 0.333. The third-order valence-electron chi connectivity index (χ3n) is 0.455. The molecule has 0 atom stereocenters. The molecule has 50 valence electrons. The summed E-state index contributed by atoms with van der Waals surface area (Å²) in [6.07, 6.45) is 0. The van der Waals surface area contributed by atoms with Crippen molar-refractivity contribution in [3.63, 3.8) is 0 Å². The summed E-state index contributed by atoms with van der Waals surface area (Å²) in [5.41, 5.74) is 10.2. The second-order valence-corrected chi connectivity index (χ2v) is 1.75. The first kappa shape index (κ1) is 10.5. The zero-order valence-corrected chi connectivity index (χ0v) is 5.87. The standard InChI is InChI=1S/C4H11N3.ClH/c1-3(2)7-4(5)6;/h3H,1-2H3,(H4,5,6,7);1H. The maximum absolute atomic E-state index is 5.08. The van der Waals surface area contributed by atoms with E-state index in [0.717, 1.165) is 0 Å². The Bertz CT molecular complexity index is 75.4. The van der Waals surface area contributed by atoms with Gasteiger partial charge >= 0.3 is 5.96 Å². The minimum atomic E-state index is 0. The van der Waals surface area contributed by atoms with Gasteiger partial charge in [0.2, 0.25) is 0 Å². The highest BCUT2D eigenvalue weighted by Gasteiger charge is 1.88. The molecular weight excluding hydrogens is 126 g/mol. The molecule has 0 aromatic rings. The molecule has 0 aliphatic heterocycles. The molecule has 4 heteroatoms. The van der Waals surface area contributed by atoms with Crippen LogP contribution in [0.2, 0.25) is 0 Å². The number of hydrogen-bond donors (Lipinski definition) is 3. The Morgan fingerprint density at radius 1 is 1.38 bits per heavy atom. The lowest BCUT2D eigenvalue weighted by molar-refractivity contribution is -0.495. The van der Waals surface area contributed by atoms with Crippen LogP contribution in [0, 0.1) is 0 Å². The van der Waals surface area contributed by atoms with Crippen LogP contribution in [-0.2, 0) is 0 Å². The molecule has 0 spiro atoms. The average molecular weight is 138 g/mol. The van der Waals surface area contributed by atoms with Crippen molar-refractivity contribution in [3.8, 4) is 0 Å². The highest BCUT2D eigenvalue weighted by molar-refractivity contribution is 5.69. The molecule has 0 rings (SSSR count). The van der Waals surface area contributed by atoms with E-state index in [1.807, 2.05) is 13.8 Å². The lowest BCUT2D eigenvalue weighted by Crippen LogP contribution is -3.00. The molecule has 0 saturated carbocycles. The van der Waals surface area contributed by atoms with Crippen molar-refractivity contribution in [2.24, 2.45) is 11.5 Å². The first-order valence-electron chi connectivity index (χ1n) is 2.27. The van der Waals surface area contributed by atoms with Crippen LogP contribution < -0.4 is 28.9 Å².